The molecule has 1 aromatic heterocycles. The van der Waals surface area contributed by atoms with Crippen molar-refractivity contribution in [3.05, 3.63) is 26.5 Å². The maximum atomic E-state index is 11.9. The van der Waals surface area contributed by atoms with Crippen LogP contribution in [0.1, 0.15) is 17.9 Å². The van der Waals surface area contributed by atoms with Crippen molar-refractivity contribution in [2.24, 2.45) is 0 Å². The van der Waals surface area contributed by atoms with Gasteiger partial charge in [0.15, 0.2) is 5.43 Å². The number of nitrogens with two attached hydrogens (primary N) is 1. The number of pyridine rings is 1. The van der Waals surface area contributed by atoms with Gasteiger partial charge in [0.05, 0.1) is 15.5 Å². The second-order valence-corrected chi connectivity index (χ2v) is 5.92. The van der Waals surface area contributed by atoms with Gasteiger partial charge in [-0.05, 0) is 29.9 Å². The molecule has 3 N–H and O–H groups in total. The zero-order valence-corrected chi connectivity index (χ0v) is 11.6. The fourth-order valence-corrected chi connectivity index (χ4v) is 4.10. The number of anilines is 1. The van der Waals surface area contributed by atoms with Crippen LogP contribution < -0.4 is 11.2 Å². The topological polar surface area (TPSA) is 62.1 Å². The third-order valence-electron chi connectivity index (χ3n) is 2.85. The van der Waals surface area contributed by atoms with Crippen molar-refractivity contribution in [3.63, 3.8) is 0 Å². The van der Waals surface area contributed by atoms with Gasteiger partial charge in [0.2, 0.25) is 0 Å². The molecule has 2 unspecified atom stereocenters. The monoisotopic (exact) mass is 303 g/mol. The summed E-state index contributed by atoms with van der Waals surface area (Å²) in [6.45, 7) is 2.16. The van der Waals surface area contributed by atoms with Gasteiger partial charge in [-0.25, -0.2) is 0 Å². The van der Waals surface area contributed by atoms with E-state index in [9.17, 15) is 4.79 Å². The Morgan fingerprint density at radius 3 is 2.88 bits per heavy atom. The first-order chi connectivity index (χ1) is 7.50. The molecule has 1 aliphatic rings. The van der Waals surface area contributed by atoms with E-state index in [4.69, 9.17) is 5.73 Å². The fraction of sp³-hybridized carbons (Fsp3) is 0.500. The number of halogens is 1. The highest BCUT2D eigenvalue weighted by atomic mass is 79.9. The van der Waals surface area contributed by atoms with Gasteiger partial charge in [-0.3, -0.25) is 9.69 Å². The molecule has 0 spiro atoms. The first-order valence-electron chi connectivity index (χ1n) is 5.02. The maximum absolute atomic E-state index is 11.9. The zero-order chi connectivity index (χ0) is 11.9. The average molecular weight is 304 g/mol. The Bertz CT molecular complexity index is 462. The van der Waals surface area contributed by atoms with Gasteiger partial charge in [0.1, 0.15) is 5.82 Å². The van der Waals surface area contributed by atoms with Gasteiger partial charge in [-0.15, -0.1) is 11.8 Å². The smallest absolute Gasteiger partial charge is 0.190 e. The highest BCUT2D eigenvalue weighted by molar-refractivity contribution is 9.10. The van der Waals surface area contributed by atoms with Crippen LogP contribution in [0.2, 0.25) is 0 Å². The molecule has 0 bridgehead atoms. The molecule has 88 valence electrons. The zero-order valence-electron chi connectivity index (χ0n) is 9.16. The van der Waals surface area contributed by atoms with Crippen LogP contribution >= 0.6 is 27.7 Å². The lowest BCUT2D eigenvalue weighted by molar-refractivity contribution is 0.280. The lowest BCUT2D eigenvalue weighted by atomic mass is 10.2. The van der Waals surface area contributed by atoms with Crippen molar-refractivity contribution in [1.29, 1.82) is 0 Å². The minimum atomic E-state index is -0.0124. The first-order valence-corrected chi connectivity index (χ1v) is 6.86. The van der Waals surface area contributed by atoms with E-state index < -0.39 is 0 Å². The maximum Gasteiger partial charge on any atom is 0.190 e. The summed E-state index contributed by atoms with van der Waals surface area (Å²) in [5.41, 5.74) is 6.33. The van der Waals surface area contributed by atoms with E-state index in [1.807, 2.05) is 7.05 Å². The highest BCUT2D eigenvalue weighted by Gasteiger charge is 2.32. The molecule has 4 nitrogen and oxygen atoms in total. The minimum Gasteiger partial charge on any atom is -0.385 e. The molecule has 1 aromatic rings. The molecule has 0 radical (unpaired) electrons. The molecule has 2 atom stereocenters. The Balaban J connectivity index is 2.45. The molecule has 0 amide bonds. The molecular formula is C10H14BrN3OS. The molecule has 2 heterocycles. The predicted octanol–water partition coefficient (Wildman–Crippen LogP) is 1.79. The van der Waals surface area contributed by atoms with E-state index in [1.54, 1.807) is 11.8 Å². The first kappa shape index (κ1) is 12.0. The quantitative estimate of drug-likeness (QED) is 0.777. The number of aromatic nitrogens is 1. The molecular weight excluding hydrogens is 290 g/mol. The summed E-state index contributed by atoms with van der Waals surface area (Å²) < 4.78 is 0.691. The molecule has 1 saturated heterocycles. The second kappa shape index (κ2) is 4.43. The van der Waals surface area contributed by atoms with Crippen LogP contribution in [0.4, 0.5) is 5.82 Å². The molecule has 1 aliphatic heterocycles. The standard InChI is InChI=1S/C10H14BrN3OS/c1-5-4-16-10(14(5)2)8-6(15)3-7(12)13-9(8)11/h3,5,10H,4H2,1-2H3,(H3,12,13,15). The molecule has 0 aliphatic carbocycles. The Labute approximate surface area is 107 Å². The van der Waals surface area contributed by atoms with Gasteiger partial charge in [-0.1, -0.05) is 0 Å². The SMILES string of the molecule is CC1CSC(c2c(Br)[nH]c(N)cc2=O)N1C. The number of nitrogen functional groups attached to an aromatic ring is 1. The lowest BCUT2D eigenvalue weighted by Crippen LogP contribution is -2.29. The summed E-state index contributed by atoms with van der Waals surface area (Å²) in [5.74, 6) is 1.43. The summed E-state index contributed by atoms with van der Waals surface area (Å²) in [4.78, 5) is 17.1. The Morgan fingerprint density at radius 1 is 1.69 bits per heavy atom. The van der Waals surface area contributed by atoms with Crippen molar-refractivity contribution < 1.29 is 0 Å². The van der Waals surface area contributed by atoms with E-state index in [2.05, 4.69) is 32.7 Å². The van der Waals surface area contributed by atoms with E-state index in [0.29, 0.717) is 16.5 Å². The Kier molecular flexibility index (Phi) is 3.32. The van der Waals surface area contributed by atoms with Crippen LogP contribution in [-0.2, 0) is 0 Å². The van der Waals surface area contributed by atoms with Crippen LogP contribution in [-0.4, -0.2) is 28.7 Å². The minimum absolute atomic E-state index is 0.0124. The van der Waals surface area contributed by atoms with Gasteiger partial charge < -0.3 is 10.7 Å². The summed E-state index contributed by atoms with van der Waals surface area (Å²) in [6.07, 6.45) is 0. The van der Waals surface area contributed by atoms with Crippen molar-refractivity contribution >= 4 is 33.5 Å². The summed E-state index contributed by atoms with van der Waals surface area (Å²) in [6, 6.07) is 1.93. The van der Waals surface area contributed by atoms with E-state index in [0.717, 1.165) is 11.3 Å². The molecule has 1 fully saturated rings. The lowest BCUT2D eigenvalue weighted by Gasteiger charge is -2.22. The third kappa shape index (κ3) is 2.01. The van der Waals surface area contributed by atoms with Crippen LogP contribution in [0.25, 0.3) is 0 Å². The predicted molar refractivity (Wildman–Crippen MR) is 71.6 cm³/mol. The van der Waals surface area contributed by atoms with Gasteiger partial charge in [0.25, 0.3) is 0 Å². The third-order valence-corrected chi connectivity index (χ3v) is 5.03. The highest BCUT2D eigenvalue weighted by Crippen LogP contribution is 2.40. The van der Waals surface area contributed by atoms with E-state index >= 15 is 0 Å². The number of aromatic amines is 1. The molecule has 2 rings (SSSR count). The number of nitrogens with zero attached hydrogens (tertiary/aromatic N) is 1. The number of nitrogens with one attached hydrogen (secondary N) is 1. The van der Waals surface area contributed by atoms with E-state index in [-0.39, 0.29) is 10.8 Å². The van der Waals surface area contributed by atoms with Crippen molar-refractivity contribution in [2.75, 3.05) is 18.5 Å². The molecule has 0 aromatic carbocycles. The van der Waals surface area contributed by atoms with Crippen molar-refractivity contribution in [3.8, 4) is 0 Å². The average Bonchev–Trinajstić information content (AvgIpc) is 2.48. The number of rotatable bonds is 1. The summed E-state index contributed by atoms with van der Waals surface area (Å²) in [5, 5.41) is 0.105. The van der Waals surface area contributed by atoms with Crippen molar-refractivity contribution in [1.82, 2.24) is 9.88 Å². The molecule has 16 heavy (non-hydrogen) atoms. The number of H-pyrrole nitrogens is 1. The summed E-state index contributed by atoms with van der Waals surface area (Å²) >= 11 is 5.16. The second-order valence-electron chi connectivity index (χ2n) is 4.02. The van der Waals surface area contributed by atoms with Gasteiger partial charge in [0, 0.05) is 17.9 Å². The van der Waals surface area contributed by atoms with Crippen LogP contribution in [0.3, 0.4) is 0 Å². The Hall–Kier alpha value is -0.460. The van der Waals surface area contributed by atoms with Crippen LogP contribution in [0.5, 0.6) is 0 Å². The van der Waals surface area contributed by atoms with E-state index in [1.165, 1.54) is 6.07 Å². The van der Waals surface area contributed by atoms with Crippen LogP contribution in [0, 0.1) is 0 Å². The number of thioether (sulfide) groups is 1. The number of hydrogen-bond donors (Lipinski definition) is 2. The number of hydrogen-bond acceptors (Lipinski definition) is 4. The molecule has 6 heteroatoms. The normalized spacial score (nSPS) is 26.2. The van der Waals surface area contributed by atoms with Crippen molar-refractivity contribution in [2.45, 2.75) is 18.3 Å². The molecule has 0 saturated carbocycles. The summed E-state index contributed by atoms with van der Waals surface area (Å²) in [7, 11) is 2.04. The van der Waals surface area contributed by atoms with Gasteiger partial charge >= 0.3 is 0 Å². The fourth-order valence-electron chi connectivity index (χ4n) is 1.77. The largest absolute Gasteiger partial charge is 0.385 e. The van der Waals surface area contributed by atoms with Gasteiger partial charge in [-0.2, -0.15) is 0 Å². The Morgan fingerprint density at radius 2 is 2.38 bits per heavy atom. The van der Waals surface area contributed by atoms with Crippen LogP contribution in [0.15, 0.2) is 15.5 Å².